The number of hydrogen-bond donors (Lipinski definition) is 2. The Kier molecular flexibility index (Phi) is 6.87. The molecule has 0 radical (unpaired) electrons. The molecule has 0 aliphatic rings. The van der Waals surface area contributed by atoms with Crippen LogP contribution >= 0.6 is 15.9 Å². The van der Waals surface area contributed by atoms with E-state index in [-0.39, 0.29) is 12.3 Å². The smallest absolute Gasteiger partial charge is 0.354 e. The summed E-state index contributed by atoms with van der Waals surface area (Å²) in [7, 11) is 3.81. The molecule has 0 saturated carbocycles. The number of aliphatic hydroxyl groups excluding tert-OH is 1. The number of esters is 2. The first-order valence-electron chi connectivity index (χ1n) is 6.09. The Bertz CT molecular complexity index is 574. The monoisotopic (exact) mass is 373 g/mol. The number of hydrogen-bond acceptors (Lipinski definition) is 7. The van der Waals surface area contributed by atoms with Crippen LogP contribution in [0.4, 0.5) is 5.69 Å². The molecule has 0 spiro atoms. The van der Waals surface area contributed by atoms with Crippen molar-refractivity contribution < 1.29 is 28.9 Å². The SMILES string of the molecule is COC(=O)/C=C(/Nc1c(CO)cc(Br)cc1OC)C(=O)OC. The summed E-state index contributed by atoms with van der Waals surface area (Å²) in [5.41, 5.74) is 0.657. The number of rotatable bonds is 6. The highest BCUT2D eigenvalue weighted by molar-refractivity contribution is 9.10. The van der Waals surface area contributed by atoms with Gasteiger partial charge in [-0.25, -0.2) is 9.59 Å². The molecule has 0 fully saturated rings. The van der Waals surface area contributed by atoms with Gasteiger partial charge in [0.15, 0.2) is 0 Å². The third-order valence-corrected chi connectivity index (χ3v) is 3.13. The molecule has 0 aliphatic carbocycles. The van der Waals surface area contributed by atoms with Crippen LogP contribution in [0.5, 0.6) is 5.75 Å². The Balaban J connectivity index is 3.31. The maximum atomic E-state index is 11.8. The summed E-state index contributed by atoms with van der Waals surface area (Å²) < 4.78 is 15.0. The number of nitrogens with one attached hydrogen (secondary N) is 1. The maximum Gasteiger partial charge on any atom is 0.354 e. The predicted octanol–water partition coefficient (Wildman–Crippen LogP) is 1.59. The van der Waals surface area contributed by atoms with Crippen molar-refractivity contribution in [2.75, 3.05) is 26.6 Å². The molecule has 0 aromatic heterocycles. The van der Waals surface area contributed by atoms with Gasteiger partial charge in [0, 0.05) is 10.0 Å². The molecule has 0 heterocycles. The molecular formula is C14H16BrNO6. The molecule has 0 unspecified atom stereocenters. The number of aliphatic hydroxyl groups is 1. The van der Waals surface area contributed by atoms with Gasteiger partial charge in [0.2, 0.25) is 0 Å². The van der Waals surface area contributed by atoms with Crippen molar-refractivity contribution in [1.82, 2.24) is 0 Å². The Morgan fingerprint density at radius 1 is 1.27 bits per heavy atom. The lowest BCUT2D eigenvalue weighted by Crippen LogP contribution is -2.17. The maximum absolute atomic E-state index is 11.8. The minimum absolute atomic E-state index is 0.148. The number of ether oxygens (including phenoxy) is 3. The second-order valence-electron chi connectivity index (χ2n) is 4.00. The van der Waals surface area contributed by atoms with Crippen molar-refractivity contribution in [3.05, 3.63) is 33.9 Å². The van der Waals surface area contributed by atoms with Gasteiger partial charge >= 0.3 is 11.9 Å². The van der Waals surface area contributed by atoms with Crippen LogP contribution in [0.3, 0.4) is 0 Å². The third kappa shape index (κ3) is 4.47. The highest BCUT2D eigenvalue weighted by Gasteiger charge is 2.18. The van der Waals surface area contributed by atoms with Gasteiger partial charge in [0.05, 0.1) is 39.7 Å². The van der Waals surface area contributed by atoms with Crippen molar-refractivity contribution in [3.63, 3.8) is 0 Å². The van der Waals surface area contributed by atoms with E-state index in [9.17, 15) is 14.7 Å². The zero-order valence-electron chi connectivity index (χ0n) is 12.3. The highest BCUT2D eigenvalue weighted by Crippen LogP contribution is 2.33. The molecule has 0 aliphatic heterocycles. The summed E-state index contributed by atoms with van der Waals surface area (Å²) in [5, 5.41) is 12.2. The second kappa shape index (κ2) is 8.40. The number of benzene rings is 1. The standard InChI is InChI=1S/C14H16BrNO6/c1-20-11-5-9(15)4-8(7-17)13(11)16-10(14(19)22-3)6-12(18)21-2/h4-6,16-17H,7H2,1-3H3/b10-6+. The van der Waals surface area contributed by atoms with Gasteiger partial charge in [-0.2, -0.15) is 0 Å². The van der Waals surface area contributed by atoms with Crippen LogP contribution in [0, 0.1) is 0 Å². The molecule has 0 bridgehead atoms. The molecule has 0 amide bonds. The molecule has 8 heteroatoms. The van der Waals surface area contributed by atoms with Gasteiger partial charge in [0.25, 0.3) is 0 Å². The van der Waals surface area contributed by atoms with Gasteiger partial charge in [-0.1, -0.05) is 15.9 Å². The normalized spacial score (nSPS) is 10.9. The molecule has 7 nitrogen and oxygen atoms in total. The van der Waals surface area contributed by atoms with Crippen LogP contribution in [-0.2, 0) is 25.7 Å². The van der Waals surface area contributed by atoms with E-state index in [1.807, 2.05) is 0 Å². The summed E-state index contributed by atoms with van der Waals surface area (Å²) >= 11 is 3.29. The van der Waals surface area contributed by atoms with Crippen LogP contribution in [-0.4, -0.2) is 38.4 Å². The van der Waals surface area contributed by atoms with Crippen LogP contribution in [0.1, 0.15) is 5.56 Å². The van der Waals surface area contributed by atoms with Gasteiger partial charge in [-0.05, 0) is 12.1 Å². The summed E-state index contributed by atoms with van der Waals surface area (Å²) in [5.74, 6) is -1.12. The van der Waals surface area contributed by atoms with E-state index in [2.05, 4.69) is 30.7 Å². The van der Waals surface area contributed by atoms with Crippen LogP contribution in [0.25, 0.3) is 0 Å². The van der Waals surface area contributed by atoms with Crippen molar-refractivity contribution in [3.8, 4) is 5.75 Å². The first kappa shape index (κ1) is 18.0. The number of carbonyl (C=O) groups is 2. The summed E-state index contributed by atoms with van der Waals surface area (Å²) in [6.45, 7) is -0.301. The van der Waals surface area contributed by atoms with Crippen LogP contribution in [0.15, 0.2) is 28.4 Å². The first-order valence-corrected chi connectivity index (χ1v) is 6.88. The molecule has 1 aromatic rings. The summed E-state index contributed by atoms with van der Waals surface area (Å²) in [4.78, 5) is 23.1. The molecule has 22 heavy (non-hydrogen) atoms. The molecule has 1 aromatic carbocycles. The highest BCUT2D eigenvalue weighted by atomic mass is 79.9. The quantitative estimate of drug-likeness (QED) is 0.577. The molecule has 2 N–H and O–H groups in total. The number of carbonyl (C=O) groups excluding carboxylic acids is 2. The van der Waals surface area contributed by atoms with E-state index in [0.29, 0.717) is 21.5 Å². The Morgan fingerprint density at radius 3 is 2.45 bits per heavy atom. The fourth-order valence-corrected chi connectivity index (χ4v) is 2.12. The van der Waals surface area contributed by atoms with Crippen molar-refractivity contribution in [1.29, 1.82) is 0 Å². The van der Waals surface area contributed by atoms with Crippen molar-refractivity contribution in [2.24, 2.45) is 0 Å². The zero-order valence-corrected chi connectivity index (χ0v) is 13.9. The van der Waals surface area contributed by atoms with E-state index in [1.165, 1.54) is 21.3 Å². The van der Waals surface area contributed by atoms with Crippen molar-refractivity contribution >= 4 is 33.6 Å². The Labute approximate surface area is 136 Å². The van der Waals surface area contributed by atoms with E-state index in [1.54, 1.807) is 12.1 Å². The third-order valence-electron chi connectivity index (χ3n) is 2.67. The van der Waals surface area contributed by atoms with Crippen LogP contribution < -0.4 is 10.1 Å². The number of methoxy groups -OCH3 is 3. The average molecular weight is 374 g/mol. The van der Waals surface area contributed by atoms with Gasteiger partial charge in [-0.15, -0.1) is 0 Å². The molecular weight excluding hydrogens is 358 g/mol. The van der Waals surface area contributed by atoms with Gasteiger partial charge in [0.1, 0.15) is 11.4 Å². The van der Waals surface area contributed by atoms with E-state index >= 15 is 0 Å². The lowest BCUT2D eigenvalue weighted by molar-refractivity contribution is -0.138. The summed E-state index contributed by atoms with van der Waals surface area (Å²) in [6.07, 6.45) is 0.953. The lowest BCUT2D eigenvalue weighted by Gasteiger charge is -2.16. The minimum atomic E-state index is -0.765. The number of halogens is 1. The minimum Gasteiger partial charge on any atom is -0.495 e. The lowest BCUT2D eigenvalue weighted by atomic mass is 10.1. The second-order valence-corrected chi connectivity index (χ2v) is 4.91. The predicted molar refractivity (Wildman–Crippen MR) is 82.4 cm³/mol. The fraction of sp³-hybridized carbons (Fsp3) is 0.286. The van der Waals surface area contributed by atoms with E-state index in [4.69, 9.17) is 4.74 Å². The van der Waals surface area contributed by atoms with Gasteiger partial charge in [-0.3, -0.25) is 0 Å². The fourth-order valence-electron chi connectivity index (χ4n) is 1.63. The molecule has 0 atom stereocenters. The van der Waals surface area contributed by atoms with Crippen LogP contribution in [0.2, 0.25) is 0 Å². The molecule has 1 rings (SSSR count). The molecule has 0 saturated heterocycles. The Morgan fingerprint density at radius 2 is 1.95 bits per heavy atom. The van der Waals surface area contributed by atoms with Crippen molar-refractivity contribution in [2.45, 2.75) is 6.61 Å². The first-order chi connectivity index (χ1) is 10.5. The number of anilines is 1. The topological polar surface area (TPSA) is 94.1 Å². The zero-order chi connectivity index (χ0) is 16.7. The summed E-state index contributed by atoms with van der Waals surface area (Å²) in [6, 6.07) is 3.30. The van der Waals surface area contributed by atoms with Gasteiger partial charge < -0.3 is 24.6 Å². The largest absolute Gasteiger partial charge is 0.495 e. The van der Waals surface area contributed by atoms with E-state index in [0.717, 1.165) is 6.08 Å². The van der Waals surface area contributed by atoms with E-state index < -0.39 is 11.9 Å². The Hall–Kier alpha value is -2.06. The molecule has 120 valence electrons. The average Bonchev–Trinajstić information content (AvgIpc) is 2.53.